The summed E-state index contributed by atoms with van der Waals surface area (Å²) in [5.74, 6) is 0. The molecular formula is C14H23N3O. The number of nitrogens with two attached hydrogens (primary N) is 1. The zero-order valence-electron chi connectivity index (χ0n) is 11.5. The number of rotatable bonds is 4. The van der Waals surface area contributed by atoms with Crippen LogP contribution < -0.4 is 10.6 Å². The molecule has 0 radical (unpaired) electrons. The fourth-order valence-electron chi connectivity index (χ4n) is 2.46. The van der Waals surface area contributed by atoms with E-state index in [9.17, 15) is 0 Å². The van der Waals surface area contributed by atoms with Crippen molar-refractivity contribution in [1.82, 2.24) is 4.98 Å². The Morgan fingerprint density at radius 3 is 2.83 bits per heavy atom. The number of anilines is 1. The highest BCUT2D eigenvalue weighted by Crippen LogP contribution is 2.24. The average molecular weight is 249 g/mol. The molecule has 0 spiro atoms. The van der Waals surface area contributed by atoms with Crippen molar-refractivity contribution >= 4 is 5.69 Å². The molecule has 1 saturated heterocycles. The number of ether oxygens (including phenoxy) is 1. The molecule has 0 bridgehead atoms. The van der Waals surface area contributed by atoms with Crippen LogP contribution in [-0.4, -0.2) is 30.8 Å². The molecule has 0 saturated carbocycles. The van der Waals surface area contributed by atoms with Crippen LogP contribution in [-0.2, 0) is 4.74 Å². The summed E-state index contributed by atoms with van der Waals surface area (Å²) in [5.41, 5.74) is 8.06. The lowest BCUT2D eigenvalue weighted by Crippen LogP contribution is -2.36. The molecule has 2 heterocycles. The van der Waals surface area contributed by atoms with Crippen LogP contribution in [0.2, 0.25) is 0 Å². The average Bonchev–Trinajstić information content (AvgIpc) is 2.83. The SMILES string of the molecule is CC[C@H](N)c1ccc(N(C)C2CCOC2C)cn1. The normalized spacial score (nSPS) is 25.1. The second kappa shape index (κ2) is 5.67. The Morgan fingerprint density at radius 2 is 2.33 bits per heavy atom. The minimum absolute atomic E-state index is 0.0399. The highest BCUT2D eigenvalue weighted by Gasteiger charge is 2.28. The minimum Gasteiger partial charge on any atom is -0.376 e. The number of nitrogens with zero attached hydrogens (tertiary/aromatic N) is 2. The topological polar surface area (TPSA) is 51.4 Å². The van der Waals surface area contributed by atoms with E-state index < -0.39 is 0 Å². The molecule has 4 heteroatoms. The van der Waals surface area contributed by atoms with Gasteiger partial charge in [0.2, 0.25) is 0 Å². The zero-order valence-corrected chi connectivity index (χ0v) is 11.5. The van der Waals surface area contributed by atoms with Gasteiger partial charge < -0.3 is 15.4 Å². The van der Waals surface area contributed by atoms with Crippen molar-refractivity contribution < 1.29 is 4.74 Å². The molecule has 1 fully saturated rings. The van der Waals surface area contributed by atoms with E-state index in [1.54, 1.807) is 0 Å². The van der Waals surface area contributed by atoms with Gasteiger partial charge in [-0.3, -0.25) is 4.98 Å². The maximum Gasteiger partial charge on any atom is 0.0750 e. The van der Waals surface area contributed by atoms with Gasteiger partial charge in [-0.15, -0.1) is 0 Å². The van der Waals surface area contributed by atoms with Crippen LogP contribution in [0.1, 0.15) is 38.4 Å². The van der Waals surface area contributed by atoms with Gasteiger partial charge in [-0.25, -0.2) is 0 Å². The maximum absolute atomic E-state index is 5.97. The van der Waals surface area contributed by atoms with Gasteiger partial charge in [-0.2, -0.15) is 0 Å². The van der Waals surface area contributed by atoms with Crippen LogP contribution in [0.15, 0.2) is 18.3 Å². The lowest BCUT2D eigenvalue weighted by molar-refractivity contribution is 0.118. The molecule has 18 heavy (non-hydrogen) atoms. The summed E-state index contributed by atoms with van der Waals surface area (Å²) in [6.07, 6.45) is 4.19. The Balaban J connectivity index is 2.09. The van der Waals surface area contributed by atoms with Crippen molar-refractivity contribution in [3.05, 3.63) is 24.0 Å². The lowest BCUT2D eigenvalue weighted by atomic mass is 10.1. The van der Waals surface area contributed by atoms with Crippen LogP contribution in [0.5, 0.6) is 0 Å². The van der Waals surface area contributed by atoms with Gasteiger partial charge in [0, 0.05) is 19.7 Å². The summed E-state index contributed by atoms with van der Waals surface area (Å²) in [6.45, 7) is 5.05. The summed E-state index contributed by atoms with van der Waals surface area (Å²) in [5, 5.41) is 0. The van der Waals surface area contributed by atoms with E-state index in [2.05, 4.69) is 36.8 Å². The summed E-state index contributed by atoms with van der Waals surface area (Å²) in [6, 6.07) is 4.61. The standard InChI is InChI=1S/C14H23N3O/c1-4-12(15)13-6-5-11(9-16-13)17(3)14-7-8-18-10(14)2/h5-6,9-10,12,14H,4,7-8,15H2,1-3H3/t10?,12-,14?/m0/s1. The van der Waals surface area contributed by atoms with Crippen molar-refractivity contribution in [2.45, 2.75) is 44.9 Å². The second-order valence-corrected chi connectivity index (χ2v) is 5.00. The molecule has 1 aliphatic rings. The van der Waals surface area contributed by atoms with E-state index >= 15 is 0 Å². The molecule has 1 aromatic rings. The van der Waals surface area contributed by atoms with Crippen molar-refractivity contribution in [3.8, 4) is 0 Å². The van der Waals surface area contributed by atoms with E-state index in [1.807, 2.05) is 12.3 Å². The lowest BCUT2D eigenvalue weighted by Gasteiger charge is -2.28. The Kier molecular flexibility index (Phi) is 4.19. The van der Waals surface area contributed by atoms with Gasteiger partial charge in [0.05, 0.1) is 29.7 Å². The van der Waals surface area contributed by atoms with Gasteiger partial charge in [0.15, 0.2) is 0 Å². The number of aromatic nitrogens is 1. The van der Waals surface area contributed by atoms with E-state index in [0.717, 1.165) is 30.8 Å². The smallest absolute Gasteiger partial charge is 0.0750 e. The third-order valence-electron chi connectivity index (χ3n) is 3.83. The largest absolute Gasteiger partial charge is 0.376 e. The van der Waals surface area contributed by atoms with Gasteiger partial charge in [-0.1, -0.05) is 6.92 Å². The van der Waals surface area contributed by atoms with Crippen LogP contribution in [0.4, 0.5) is 5.69 Å². The van der Waals surface area contributed by atoms with E-state index in [0.29, 0.717) is 6.04 Å². The van der Waals surface area contributed by atoms with E-state index in [1.165, 1.54) is 0 Å². The van der Waals surface area contributed by atoms with Gasteiger partial charge in [0.1, 0.15) is 0 Å². The zero-order chi connectivity index (χ0) is 13.1. The quantitative estimate of drug-likeness (QED) is 0.888. The molecule has 100 valence electrons. The van der Waals surface area contributed by atoms with Crippen molar-refractivity contribution in [3.63, 3.8) is 0 Å². The molecule has 2 unspecified atom stereocenters. The molecule has 2 N–H and O–H groups in total. The third kappa shape index (κ3) is 2.65. The van der Waals surface area contributed by atoms with Gasteiger partial charge >= 0.3 is 0 Å². The molecular weight excluding hydrogens is 226 g/mol. The van der Waals surface area contributed by atoms with Crippen molar-refractivity contribution in [2.75, 3.05) is 18.6 Å². The van der Waals surface area contributed by atoms with Crippen molar-refractivity contribution in [1.29, 1.82) is 0 Å². The number of hydrogen-bond donors (Lipinski definition) is 1. The van der Waals surface area contributed by atoms with Gasteiger partial charge in [0.25, 0.3) is 0 Å². The molecule has 0 amide bonds. The Bertz CT molecular complexity index is 379. The van der Waals surface area contributed by atoms with Gasteiger partial charge in [-0.05, 0) is 31.9 Å². The highest BCUT2D eigenvalue weighted by molar-refractivity contribution is 5.45. The van der Waals surface area contributed by atoms with Crippen molar-refractivity contribution in [2.24, 2.45) is 5.73 Å². The Morgan fingerprint density at radius 1 is 1.56 bits per heavy atom. The maximum atomic E-state index is 5.97. The molecule has 1 aliphatic heterocycles. The van der Waals surface area contributed by atoms with E-state index in [4.69, 9.17) is 10.5 Å². The van der Waals surface area contributed by atoms with Crippen LogP contribution in [0.3, 0.4) is 0 Å². The number of likely N-dealkylation sites (N-methyl/N-ethyl adjacent to an activating group) is 1. The summed E-state index contributed by atoms with van der Waals surface area (Å²) in [7, 11) is 2.10. The monoisotopic (exact) mass is 249 g/mol. The Labute approximate surface area is 109 Å². The first kappa shape index (κ1) is 13.3. The minimum atomic E-state index is 0.0399. The summed E-state index contributed by atoms with van der Waals surface area (Å²) >= 11 is 0. The first-order valence-corrected chi connectivity index (χ1v) is 6.69. The first-order valence-electron chi connectivity index (χ1n) is 6.69. The summed E-state index contributed by atoms with van der Waals surface area (Å²) in [4.78, 5) is 6.72. The molecule has 0 aliphatic carbocycles. The van der Waals surface area contributed by atoms with Crippen LogP contribution in [0, 0.1) is 0 Å². The van der Waals surface area contributed by atoms with Crippen LogP contribution >= 0.6 is 0 Å². The molecule has 3 atom stereocenters. The number of hydrogen-bond acceptors (Lipinski definition) is 4. The molecule has 4 nitrogen and oxygen atoms in total. The Hall–Kier alpha value is -1.13. The fraction of sp³-hybridized carbons (Fsp3) is 0.643. The highest BCUT2D eigenvalue weighted by atomic mass is 16.5. The predicted octanol–water partition coefficient (Wildman–Crippen LogP) is 2.10. The fourth-order valence-corrected chi connectivity index (χ4v) is 2.46. The molecule has 1 aromatic heterocycles. The molecule has 2 rings (SSSR count). The molecule has 0 aromatic carbocycles. The van der Waals surface area contributed by atoms with Crippen LogP contribution in [0.25, 0.3) is 0 Å². The first-order chi connectivity index (χ1) is 8.63. The van der Waals surface area contributed by atoms with E-state index in [-0.39, 0.29) is 12.1 Å². The predicted molar refractivity (Wildman–Crippen MR) is 73.7 cm³/mol. The second-order valence-electron chi connectivity index (χ2n) is 5.00. The summed E-state index contributed by atoms with van der Waals surface area (Å²) < 4.78 is 5.61. The number of pyridine rings is 1. The third-order valence-corrected chi connectivity index (χ3v) is 3.83.